The van der Waals surface area contributed by atoms with E-state index in [-0.39, 0.29) is 0 Å². The van der Waals surface area contributed by atoms with Gasteiger partial charge in [0.1, 0.15) is 0 Å². The molecule has 2 aliphatic carbocycles. The minimum Gasteiger partial charge on any atom is -0.0757 e. The van der Waals surface area contributed by atoms with E-state index < -0.39 is 0 Å². The number of fused-ring (bicyclic) bond motifs is 7. The Bertz CT molecular complexity index is 1240. The van der Waals surface area contributed by atoms with Gasteiger partial charge in [-0.1, -0.05) is 66.7 Å². The van der Waals surface area contributed by atoms with Gasteiger partial charge in [0.05, 0.1) is 0 Å². The lowest BCUT2D eigenvalue weighted by atomic mass is 9.93. The van der Waals surface area contributed by atoms with E-state index in [1.54, 1.807) is 0 Å². The number of rotatable bonds is 0. The minimum atomic E-state index is 1.16. The summed E-state index contributed by atoms with van der Waals surface area (Å²) in [5.74, 6) is 0. The Morgan fingerprint density at radius 1 is 0.542 bits per heavy atom. The monoisotopic (exact) mass is 304 g/mol. The van der Waals surface area contributed by atoms with Gasteiger partial charge in [0.2, 0.25) is 0 Å². The van der Waals surface area contributed by atoms with Crippen LogP contribution in [0.15, 0.2) is 72.8 Å². The van der Waals surface area contributed by atoms with E-state index in [9.17, 15) is 0 Å². The molecule has 0 aliphatic heterocycles. The van der Waals surface area contributed by atoms with Crippen molar-refractivity contribution < 1.29 is 0 Å². The zero-order valence-corrected chi connectivity index (χ0v) is 13.3. The summed E-state index contributed by atoms with van der Waals surface area (Å²) >= 11 is 0. The number of allylic oxidation sites excluding steroid dienone is 4. The Labute approximate surface area is 140 Å². The van der Waals surface area contributed by atoms with Crippen LogP contribution in [0.5, 0.6) is 0 Å². The van der Waals surface area contributed by atoms with Crippen molar-refractivity contribution in [2.45, 2.75) is 12.8 Å². The molecule has 4 aromatic rings. The first-order chi connectivity index (χ1) is 11.9. The summed E-state index contributed by atoms with van der Waals surface area (Å²) in [5.41, 5.74) is 5.74. The van der Waals surface area contributed by atoms with Crippen LogP contribution >= 0.6 is 0 Å². The molecular formula is C24H16. The van der Waals surface area contributed by atoms with Crippen LogP contribution in [0.1, 0.15) is 24.0 Å². The molecule has 0 N–H and O–H groups in total. The predicted molar refractivity (Wildman–Crippen MR) is 104 cm³/mol. The summed E-state index contributed by atoms with van der Waals surface area (Å²) < 4.78 is 0. The lowest BCUT2D eigenvalue weighted by Crippen LogP contribution is -1.87. The number of benzene rings is 4. The van der Waals surface area contributed by atoms with Gasteiger partial charge in [-0.25, -0.2) is 0 Å². The highest BCUT2D eigenvalue weighted by molar-refractivity contribution is 6.30. The highest BCUT2D eigenvalue weighted by Crippen LogP contribution is 2.50. The van der Waals surface area contributed by atoms with E-state index >= 15 is 0 Å². The largest absolute Gasteiger partial charge is 0.0757 e. The van der Waals surface area contributed by atoms with Gasteiger partial charge in [-0.3, -0.25) is 0 Å². The van der Waals surface area contributed by atoms with E-state index in [0.29, 0.717) is 0 Å². The fourth-order valence-electron chi connectivity index (χ4n) is 4.61. The van der Waals surface area contributed by atoms with Gasteiger partial charge in [-0.2, -0.15) is 0 Å². The second kappa shape index (κ2) is 4.36. The van der Waals surface area contributed by atoms with Gasteiger partial charge in [-0.15, -0.1) is 0 Å². The normalized spacial score (nSPS) is 15.7. The molecule has 112 valence electrons. The lowest BCUT2D eigenvalue weighted by molar-refractivity contribution is 1.05. The van der Waals surface area contributed by atoms with Crippen LogP contribution in [0.3, 0.4) is 0 Å². The highest BCUT2D eigenvalue weighted by atomic mass is 14.3. The van der Waals surface area contributed by atoms with Crippen LogP contribution in [0.4, 0.5) is 0 Å². The van der Waals surface area contributed by atoms with Crippen LogP contribution in [0.25, 0.3) is 43.5 Å². The highest BCUT2D eigenvalue weighted by Gasteiger charge is 2.26. The molecule has 6 rings (SSSR count). The SMILES string of the molecule is C1=C2C(=CCC1)c1cc3ccc4ccccc4c3c3cccc2c13. The van der Waals surface area contributed by atoms with Crippen LogP contribution in [0, 0.1) is 0 Å². The fourth-order valence-corrected chi connectivity index (χ4v) is 4.61. The second-order valence-electron chi connectivity index (χ2n) is 6.85. The summed E-state index contributed by atoms with van der Waals surface area (Å²) in [6.45, 7) is 0. The molecule has 2 aliphatic rings. The first kappa shape index (κ1) is 12.5. The molecule has 4 aromatic carbocycles. The topological polar surface area (TPSA) is 0 Å². The third-order valence-electron chi connectivity index (χ3n) is 5.60. The molecule has 0 saturated heterocycles. The van der Waals surface area contributed by atoms with Crippen molar-refractivity contribution in [2.75, 3.05) is 0 Å². The average molecular weight is 304 g/mol. The van der Waals surface area contributed by atoms with Crippen molar-refractivity contribution in [1.82, 2.24) is 0 Å². The molecule has 0 saturated carbocycles. The quantitative estimate of drug-likeness (QED) is 0.316. The summed E-state index contributed by atoms with van der Waals surface area (Å²) in [4.78, 5) is 0. The molecule has 0 spiro atoms. The second-order valence-corrected chi connectivity index (χ2v) is 6.85. The molecule has 0 fully saturated rings. The molecule has 0 nitrogen and oxygen atoms in total. The van der Waals surface area contributed by atoms with Crippen molar-refractivity contribution in [3.05, 3.63) is 83.9 Å². The van der Waals surface area contributed by atoms with Crippen LogP contribution in [0.2, 0.25) is 0 Å². The Morgan fingerprint density at radius 2 is 1.29 bits per heavy atom. The maximum atomic E-state index is 2.43. The molecule has 0 radical (unpaired) electrons. The first-order valence-corrected chi connectivity index (χ1v) is 8.70. The molecular weight excluding hydrogens is 288 g/mol. The standard InChI is InChI=1S/C24H16/c1-2-7-17-15(6-1)12-13-16-14-22-19-9-4-3-8-18(19)20-10-5-11-21(23(16)17)24(20)22/h1-2,5-14H,3-4H2. The molecule has 0 unspecified atom stereocenters. The van der Waals surface area contributed by atoms with Gasteiger partial charge in [-0.05, 0) is 73.5 Å². The Balaban J connectivity index is 1.92. The predicted octanol–water partition coefficient (Wildman–Crippen LogP) is 6.72. The Hall–Kier alpha value is -2.86. The summed E-state index contributed by atoms with van der Waals surface area (Å²) in [7, 11) is 0. The van der Waals surface area contributed by atoms with Crippen LogP contribution in [-0.4, -0.2) is 0 Å². The molecule has 0 aromatic heterocycles. The van der Waals surface area contributed by atoms with Crippen molar-refractivity contribution in [3.63, 3.8) is 0 Å². The lowest BCUT2D eigenvalue weighted by Gasteiger charge is -2.11. The van der Waals surface area contributed by atoms with Gasteiger partial charge in [0, 0.05) is 0 Å². The smallest absolute Gasteiger partial charge is 0.00199 e. The summed E-state index contributed by atoms with van der Waals surface area (Å²) in [5, 5.41) is 8.26. The van der Waals surface area contributed by atoms with Crippen LogP contribution in [-0.2, 0) is 0 Å². The molecule has 24 heavy (non-hydrogen) atoms. The van der Waals surface area contributed by atoms with E-state index in [4.69, 9.17) is 0 Å². The first-order valence-electron chi connectivity index (χ1n) is 8.70. The molecule has 0 heteroatoms. The van der Waals surface area contributed by atoms with E-state index in [0.717, 1.165) is 12.8 Å². The maximum absolute atomic E-state index is 2.43. The third kappa shape index (κ3) is 1.44. The zero-order chi connectivity index (χ0) is 15.7. The van der Waals surface area contributed by atoms with E-state index in [1.165, 1.54) is 54.6 Å². The van der Waals surface area contributed by atoms with Gasteiger partial charge in [0.25, 0.3) is 0 Å². The molecule has 0 amide bonds. The summed E-state index contributed by atoms with van der Waals surface area (Å²) in [6, 6.07) is 22.5. The van der Waals surface area contributed by atoms with E-state index in [2.05, 4.69) is 72.8 Å². The third-order valence-corrected chi connectivity index (χ3v) is 5.60. The van der Waals surface area contributed by atoms with Crippen molar-refractivity contribution >= 4 is 43.5 Å². The van der Waals surface area contributed by atoms with Gasteiger partial charge in [0.15, 0.2) is 0 Å². The fraction of sp³-hybridized carbons (Fsp3) is 0.0833. The average Bonchev–Trinajstić information content (AvgIpc) is 2.97. The van der Waals surface area contributed by atoms with Gasteiger partial charge >= 0.3 is 0 Å². The van der Waals surface area contributed by atoms with Gasteiger partial charge < -0.3 is 0 Å². The zero-order valence-electron chi connectivity index (χ0n) is 13.3. The Kier molecular flexibility index (Phi) is 2.28. The number of hydrogen-bond acceptors (Lipinski definition) is 0. The maximum Gasteiger partial charge on any atom is -0.00199 e. The Morgan fingerprint density at radius 3 is 2.21 bits per heavy atom. The van der Waals surface area contributed by atoms with Crippen LogP contribution < -0.4 is 0 Å². The van der Waals surface area contributed by atoms with Crippen molar-refractivity contribution in [1.29, 1.82) is 0 Å². The number of hydrogen-bond donors (Lipinski definition) is 0. The van der Waals surface area contributed by atoms with E-state index in [1.807, 2.05) is 0 Å². The van der Waals surface area contributed by atoms with Crippen molar-refractivity contribution in [3.8, 4) is 0 Å². The molecule has 0 heterocycles. The van der Waals surface area contributed by atoms with Crippen molar-refractivity contribution in [2.24, 2.45) is 0 Å². The summed E-state index contributed by atoms with van der Waals surface area (Å²) in [6.07, 6.45) is 7.17. The minimum absolute atomic E-state index is 1.16. The molecule has 0 bridgehead atoms. The molecule has 0 atom stereocenters.